The third-order valence-electron chi connectivity index (χ3n) is 0.778. The van der Waals surface area contributed by atoms with Gasteiger partial charge in [-0.2, -0.15) is 0 Å². The fraction of sp³-hybridized carbons (Fsp3) is 0. The van der Waals surface area contributed by atoms with Crippen LogP contribution in [0, 0.1) is 59.2 Å². The van der Waals surface area contributed by atoms with Gasteiger partial charge in [0.25, 0.3) is 0 Å². The topological polar surface area (TPSA) is 119 Å². The summed E-state index contributed by atoms with van der Waals surface area (Å²) >= 11 is 0. The number of allylic oxidation sites excluding steroid dienone is 4. The van der Waals surface area contributed by atoms with Gasteiger partial charge in [-0.1, -0.05) is 24.3 Å². The van der Waals surface area contributed by atoms with Crippen molar-refractivity contribution in [2.45, 2.75) is 0 Å². The van der Waals surface area contributed by atoms with Crippen molar-refractivity contribution in [3.63, 3.8) is 0 Å². The summed E-state index contributed by atoms with van der Waals surface area (Å²) in [4.78, 5) is 0. The molecule has 0 heterocycles. The van der Waals surface area contributed by atoms with Crippen molar-refractivity contribution < 1.29 is 62.1 Å². The van der Waals surface area contributed by atoms with E-state index in [4.69, 9.17) is 27.9 Å². The largest absolute Gasteiger partial charge is 0.0805 e. The molecule has 0 fully saturated rings. The molecule has 0 N–H and O–H groups in total. The number of hydrogen-bond acceptors (Lipinski definition) is 0. The average Bonchev–Trinajstić information content (AvgIpc) is 2.91. The van der Waals surface area contributed by atoms with Gasteiger partial charge in [0, 0.05) is 34.1 Å². The van der Waals surface area contributed by atoms with Crippen molar-refractivity contribution in [2.75, 3.05) is 0 Å². The van der Waals surface area contributed by atoms with Gasteiger partial charge in [-0.3, -0.25) is 0 Å². The summed E-state index contributed by atoms with van der Waals surface area (Å²) in [6.07, 6.45) is 14.0. The SMILES string of the molecule is [C-]#[O+].[C-]#[O+].[C-]#[O+].[C-]#[O+].[C-]#[O+].[C-]#[O+].[CH]1[CH]C=CC=C[CH]1.[Fe].[Mn]. The van der Waals surface area contributed by atoms with E-state index in [9.17, 15) is 0 Å². The molecule has 0 aliphatic heterocycles. The fourth-order valence-corrected chi connectivity index (χ4v) is 0.449. The maximum absolute atomic E-state index is 7.50. The van der Waals surface area contributed by atoms with Crippen molar-refractivity contribution >= 4 is 0 Å². The molecule has 0 saturated carbocycles. The Kier molecular flexibility index (Phi) is 411. The van der Waals surface area contributed by atoms with Crippen LogP contribution in [0.4, 0.5) is 0 Å². The second kappa shape index (κ2) is 172. The molecule has 1 rings (SSSR count). The molecule has 0 atom stereocenters. The monoisotopic (exact) mass is 370 g/mol. The molecular formula is C13H7FeMnO6. The summed E-state index contributed by atoms with van der Waals surface area (Å²) in [5.41, 5.74) is 0. The molecule has 110 valence electrons. The Bertz CT molecular complexity index is 241. The molecule has 0 aromatic rings. The zero-order valence-corrected chi connectivity index (χ0v) is 12.5. The maximum Gasteiger partial charge on any atom is 0 e. The molecule has 0 amide bonds. The molecule has 0 saturated heterocycles. The smallest absolute Gasteiger partial charge is 0 e. The Morgan fingerprint density at radius 1 is 0.381 bits per heavy atom. The van der Waals surface area contributed by atoms with E-state index in [1.165, 1.54) is 0 Å². The van der Waals surface area contributed by atoms with Crippen molar-refractivity contribution in [3.8, 4) is 0 Å². The molecule has 0 bridgehead atoms. The molecule has 0 aromatic heterocycles. The van der Waals surface area contributed by atoms with Crippen LogP contribution in [0.3, 0.4) is 0 Å². The van der Waals surface area contributed by atoms with Crippen LogP contribution >= 0.6 is 0 Å². The first-order chi connectivity index (χ1) is 9.50. The number of hydrogen-bond donors (Lipinski definition) is 0. The quantitative estimate of drug-likeness (QED) is 0.349. The zero-order valence-electron chi connectivity index (χ0n) is 10.2. The standard InChI is InChI=1S/C7H7.6CO.Fe.Mn/c1-2-4-6-7-5-3-1;6*1-2;;/h1-7H;;;;;;;;. The van der Waals surface area contributed by atoms with E-state index in [0.29, 0.717) is 0 Å². The Balaban J connectivity index is -0.0000000177. The van der Waals surface area contributed by atoms with Crippen LogP contribution in [0.15, 0.2) is 24.3 Å². The van der Waals surface area contributed by atoms with Gasteiger partial charge in [-0.25, -0.2) is 0 Å². The van der Waals surface area contributed by atoms with E-state index < -0.39 is 0 Å². The van der Waals surface area contributed by atoms with Crippen LogP contribution in [0.1, 0.15) is 0 Å². The molecule has 4 radical (unpaired) electrons. The van der Waals surface area contributed by atoms with Crippen LogP contribution in [-0.2, 0) is 62.1 Å². The van der Waals surface area contributed by atoms with Gasteiger partial charge in [0.1, 0.15) is 0 Å². The molecule has 1 aliphatic rings. The second-order valence-corrected chi connectivity index (χ2v) is 1.35. The van der Waals surface area contributed by atoms with Gasteiger partial charge in [-0.05, 0) is 19.3 Å². The normalized spacial score (nSPS) is 7.05. The molecule has 0 unspecified atom stereocenters. The molecule has 1 aliphatic carbocycles. The van der Waals surface area contributed by atoms with E-state index in [1.54, 1.807) is 0 Å². The Labute approximate surface area is 145 Å². The first kappa shape index (κ1) is 50.2. The second-order valence-electron chi connectivity index (χ2n) is 1.35. The average molecular weight is 370 g/mol. The summed E-state index contributed by atoms with van der Waals surface area (Å²) in [7, 11) is 0. The number of rotatable bonds is 0. The minimum absolute atomic E-state index is 0. The van der Waals surface area contributed by atoms with Crippen LogP contribution in [-0.4, -0.2) is 0 Å². The first-order valence-electron chi connectivity index (χ1n) is 3.56. The van der Waals surface area contributed by atoms with Gasteiger partial charge in [0.05, 0.1) is 0 Å². The van der Waals surface area contributed by atoms with Crippen LogP contribution in [0.2, 0.25) is 0 Å². The zero-order chi connectivity index (χ0) is 16.9. The third-order valence-corrected chi connectivity index (χ3v) is 0.778. The van der Waals surface area contributed by atoms with Crippen LogP contribution < -0.4 is 0 Å². The van der Waals surface area contributed by atoms with Crippen molar-refractivity contribution in [1.82, 2.24) is 0 Å². The van der Waals surface area contributed by atoms with Crippen molar-refractivity contribution in [2.24, 2.45) is 0 Å². The Morgan fingerprint density at radius 3 is 0.762 bits per heavy atom. The van der Waals surface area contributed by atoms with Crippen LogP contribution in [0.5, 0.6) is 0 Å². The molecular weight excluding hydrogens is 363 g/mol. The molecule has 6 nitrogen and oxygen atoms in total. The van der Waals surface area contributed by atoms with E-state index in [2.05, 4.69) is 39.9 Å². The van der Waals surface area contributed by atoms with E-state index in [0.717, 1.165) is 0 Å². The van der Waals surface area contributed by atoms with Gasteiger partial charge in [0.2, 0.25) is 0 Å². The fourth-order valence-electron chi connectivity index (χ4n) is 0.449. The van der Waals surface area contributed by atoms with Crippen LogP contribution in [0.25, 0.3) is 0 Å². The van der Waals surface area contributed by atoms with E-state index >= 15 is 0 Å². The Morgan fingerprint density at radius 2 is 0.571 bits per heavy atom. The third kappa shape index (κ3) is 154. The predicted octanol–water partition coefficient (Wildman–Crippen LogP) is 1.50. The van der Waals surface area contributed by atoms with E-state index in [1.807, 2.05) is 43.6 Å². The van der Waals surface area contributed by atoms with Gasteiger partial charge < -0.3 is 0 Å². The summed E-state index contributed by atoms with van der Waals surface area (Å²) in [6, 6.07) is 0. The van der Waals surface area contributed by atoms with Gasteiger partial charge >= 0.3 is 67.8 Å². The predicted molar refractivity (Wildman–Crippen MR) is 54.8 cm³/mol. The van der Waals surface area contributed by atoms with E-state index in [-0.39, 0.29) is 34.1 Å². The summed E-state index contributed by atoms with van der Waals surface area (Å²) in [6.45, 7) is 27.0. The summed E-state index contributed by atoms with van der Waals surface area (Å²) in [5, 5.41) is 0. The minimum atomic E-state index is 0. The van der Waals surface area contributed by atoms with Crippen molar-refractivity contribution in [1.29, 1.82) is 0 Å². The minimum Gasteiger partial charge on any atom is -0.0805 e. The van der Waals surface area contributed by atoms with Gasteiger partial charge in [-0.15, -0.1) is 0 Å². The first-order valence-corrected chi connectivity index (χ1v) is 3.56. The van der Waals surface area contributed by atoms with Crippen molar-refractivity contribution in [3.05, 3.63) is 83.5 Å². The summed E-state index contributed by atoms with van der Waals surface area (Å²) in [5.74, 6) is 0. The van der Waals surface area contributed by atoms with Gasteiger partial charge in [0.15, 0.2) is 0 Å². The molecule has 0 spiro atoms. The molecule has 21 heavy (non-hydrogen) atoms. The summed E-state index contributed by atoms with van der Waals surface area (Å²) < 4.78 is 45.0. The molecule has 0 aromatic carbocycles. The maximum atomic E-state index is 7.50. The molecule has 8 heteroatoms. The Hall–Kier alpha value is -1.04.